The van der Waals surface area contributed by atoms with Gasteiger partial charge in [0.1, 0.15) is 5.84 Å². The zero-order valence-corrected chi connectivity index (χ0v) is 19.9. The molecule has 0 aliphatic carbocycles. The number of H-pyrrole nitrogens is 1. The molecule has 1 aromatic rings. The molecule has 8 nitrogen and oxygen atoms in total. The maximum atomic E-state index is 11.6. The number of nitrogens with zero attached hydrogens (tertiary/aromatic N) is 4. The van der Waals surface area contributed by atoms with Crippen LogP contribution in [0.25, 0.3) is 0 Å². The van der Waals surface area contributed by atoms with E-state index >= 15 is 0 Å². The van der Waals surface area contributed by atoms with E-state index in [1.807, 2.05) is 31.7 Å². The van der Waals surface area contributed by atoms with Crippen LogP contribution in [0.4, 0.5) is 5.69 Å². The van der Waals surface area contributed by atoms with Gasteiger partial charge in [-0.25, -0.2) is 4.99 Å². The number of aliphatic hydroxyl groups excluding tert-OH is 1. The highest BCUT2D eigenvalue weighted by atomic mass is 32.2. The predicted octanol–water partition coefficient (Wildman–Crippen LogP) is 1.77. The Balaban J connectivity index is 0.00000132. The van der Waals surface area contributed by atoms with Gasteiger partial charge in [-0.15, -0.1) is 11.8 Å². The van der Waals surface area contributed by atoms with Gasteiger partial charge in [-0.3, -0.25) is 9.79 Å². The number of hydrogen-bond acceptors (Lipinski definition) is 7. The molecule has 31 heavy (non-hydrogen) atoms. The first-order valence-electron chi connectivity index (χ1n) is 11.4. The van der Waals surface area contributed by atoms with Crippen LogP contribution in [-0.4, -0.2) is 82.7 Å². The van der Waals surface area contributed by atoms with Crippen molar-refractivity contribution in [3.63, 3.8) is 0 Å². The standard InChI is InChI=1S/C20H30N6O2S.C2H6/c1-13(2)16(12-27)22-19-18-15(4-10-29-18)23-20(24-19)26-8-6-25(7-9-26)14-3-5-21-17(28)11-14;1-2/h3,5,11,13,15-16,18,27H,4,6-10,12H2,1-2H3,(H,21,28)(H,22,23,24);1-2H3. The lowest BCUT2D eigenvalue weighted by Crippen LogP contribution is -2.58. The molecule has 0 radical (unpaired) electrons. The van der Waals surface area contributed by atoms with E-state index in [9.17, 15) is 9.90 Å². The molecule has 3 unspecified atom stereocenters. The molecule has 1 aromatic heterocycles. The first-order valence-corrected chi connectivity index (χ1v) is 12.4. The largest absolute Gasteiger partial charge is 0.394 e. The molecule has 2 saturated heterocycles. The molecule has 0 spiro atoms. The maximum absolute atomic E-state index is 11.6. The van der Waals surface area contributed by atoms with Crippen LogP contribution in [0, 0.1) is 5.92 Å². The molecular weight excluding hydrogens is 412 g/mol. The van der Waals surface area contributed by atoms with Crippen molar-refractivity contribution in [2.24, 2.45) is 15.9 Å². The van der Waals surface area contributed by atoms with E-state index in [1.165, 1.54) is 0 Å². The van der Waals surface area contributed by atoms with Crippen molar-refractivity contribution >= 4 is 29.2 Å². The van der Waals surface area contributed by atoms with Crippen LogP contribution in [0.2, 0.25) is 0 Å². The molecule has 0 aromatic carbocycles. The number of amidine groups is 1. The third kappa shape index (κ3) is 5.63. The summed E-state index contributed by atoms with van der Waals surface area (Å²) in [5.41, 5.74) is 0.890. The molecule has 4 heterocycles. The number of aromatic amines is 1. The third-order valence-corrected chi connectivity index (χ3v) is 7.19. The van der Waals surface area contributed by atoms with Gasteiger partial charge in [-0.1, -0.05) is 27.7 Å². The van der Waals surface area contributed by atoms with Crippen LogP contribution >= 0.6 is 11.8 Å². The smallest absolute Gasteiger partial charge is 0.249 e. The highest BCUT2D eigenvalue weighted by molar-refractivity contribution is 8.01. The van der Waals surface area contributed by atoms with Crippen molar-refractivity contribution in [3.8, 4) is 0 Å². The Kier molecular flexibility index (Phi) is 8.43. The quantitative estimate of drug-likeness (QED) is 0.650. The molecule has 3 N–H and O–H groups in total. The lowest BCUT2D eigenvalue weighted by Gasteiger charge is -2.40. The lowest BCUT2D eigenvalue weighted by molar-refractivity contribution is 0.239. The number of fused-ring (bicyclic) bond motifs is 1. The van der Waals surface area contributed by atoms with Crippen LogP contribution in [0.15, 0.2) is 33.1 Å². The minimum Gasteiger partial charge on any atom is -0.394 e. The number of aliphatic hydroxyl groups is 1. The van der Waals surface area contributed by atoms with Crippen molar-refractivity contribution in [2.75, 3.05) is 43.4 Å². The van der Waals surface area contributed by atoms with Gasteiger partial charge in [0, 0.05) is 44.1 Å². The van der Waals surface area contributed by atoms with Crippen LogP contribution in [0.3, 0.4) is 0 Å². The molecule has 4 rings (SSSR count). The van der Waals surface area contributed by atoms with Gasteiger partial charge in [0.25, 0.3) is 0 Å². The summed E-state index contributed by atoms with van der Waals surface area (Å²) >= 11 is 1.90. The third-order valence-electron chi connectivity index (χ3n) is 5.82. The summed E-state index contributed by atoms with van der Waals surface area (Å²) in [6.45, 7) is 11.6. The zero-order valence-electron chi connectivity index (χ0n) is 19.0. The SMILES string of the molecule is CC.CC(C)C(CO)N=C1NC(N2CCN(c3cc[nH]c(=O)c3)CC2)=NC2CCSC12. The molecule has 0 amide bonds. The number of piperazine rings is 1. The molecule has 3 aliphatic heterocycles. The number of anilines is 1. The normalized spacial score (nSPS) is 25.5. The molecule has 0 saturated carbocycles. The Bertz CT molecular complexity index is 831. The zero-order chi connectivity index (χ0) is 22.4. The van der Waals surface area contributed by atoms with Crippen molar-refractivity contribution in [1.29, 1.82) is 0 Å². The van der Waals surface area contributed by atoms with Gasteiger partial charge in [0.05, 0.1) is 23.9 Å². The Labute approximate surface area is 189 Å². The average Bonchev–Trinajstić information content (AvgIpc) is 3.27. The van der Waals surface area contributed by atoms with E-state index in [4.69, 9.17) is 9.98 Å². The summed E-state index contributed by atoms with van der Waals surface area (Å²) in [5.74, 6) is 3.25. The van der Waals surface area contributed by atoms with Crippen LogP contribution < -0.4 is 15.8 Å². The number of nitrogens with one attached hydrogen (secondary N) is 2. The summed E-state index contributed by atoms with van der Waals surface area (Å²) in [4.78, 5) is 28.7. The second kappa shape index (κ2) is 11.0. The molecule has 3 aliphatic rings. The van der Waals surface area contributed by atoms with E-state index in [1.54, 1.807) is 12.3 Å². The van der Waals surface area contributed by atoms with E-state index in [0.717, 1.165) is 55.8 Å². The first-order chi connectivity index (χ1) is 15.0. The second-order valence-corrected chi connectivity index (χ2v) is 9.37. The summed E-state index contributed by atoms with van der Waals surface area (Å²) in [6, 6.07) is 3.76. The van der Waals surface area contributed by atoms with Gasteiger partial charge in [0.15, 0.2) is 5.96 Å². The van der Waals surface area contributed by atoms with Crippen LogP contribution in [-0.2, 0) is 0 Å². The van der Waals surface area contributed by atoms with Crippen LogP contribution in [0.1, 0.15) is 34.1 Å². The lowest BCUT2D eigenvalue weighted by atomic mass is 10.1. The van der Waals surface area contributed by atoms with Crippen molar-refractivity contribution in [2.45, 2.75) is 51.4 Å². The van der Waals surface area contributed by atoms with Crippen LogP contribution in [0.5, 0.6) is 0 Å². The molecule has 9 heteroatoms. The fourth-order valence-electron chi connectivity index (χ4n) is 4.00. The Morgan fingerprint density at radius 3 is 2.61 bits per heavy atom. The average molecular weight is 449 g/mol. The Morgan fingerprint density at radius 2 is 1.97 bits per heavy atom. The molecule has 172 valence electrons. The number of pyridine rings is 1. The number of aliphatic imine (C=N–C) groups is 2. The maximum Gasteiger partial charge on any atom is 0.249 e. The van der Waals surface area contributed by atoms with Gasteiger partial charge >= 0.3 is 0 Å². The van der Waals surface area contributed by atoms with E-state index < -0.39 is 0 Å². The summed E-state index contributed by atoms with van der Waals surface area (Å²) in [5, 5.41) is 13.5. The Morgan fingerprint density at radius 1 is 1.26 bits per heavy atom. The molecular formula is C22H36N6O2S. The van der Waals surface area contributed by atoms with Gasteiger partial charge in [-0.05, 0) is 24.2 Å². The number of aromatic nitrogens is 1. The Hall–Kier alpha value is -2.00. The van der Waals surface area contributed by atoms with E-state index in [-0.39, 0.29) is 29.5 Å². The second-order valence-electron chi connectivity index (χ2n) is 8.12. The minimum absolute atomic E-state index is 0.0618. The van der Waals surface area contributed by atoms with E-state index in [0.29, 0.717) is 5.92 Å². The topological polar surface area (TPSA) is 96.3 Å². The van der Waals surface area contributed by atoms with Crippen molar-refractivity contribution in [3.05, 3.63) is 28.7 Å². The highest BCUT2D eigenvalue weighted by Gasteiger charge is 2.38. The van der Waals surface area contributed by atoms with Gasteiger partial charge in [0.2, 0.25) is 5.56 Å². The molecule has 0 bridgehead atoms. The minimum atomic E-state index is -0.0910. The van der Waals surface area contributed by atoms with E-state index in [2.05, 4.69) is 33.9 Å². The number of guanidine groups is 1. The van der Waals surface area contributed by atoms with Gasteiger partial charge in [-0.2, -0.15) is 0 Å². The number of thioether (sulfide) groups is 1. The fourth-order valence-corrected chi connectivity index (χ4v) is 5.33. The van der Waals surface area contributed by atoms with Gasteiger partial charge < -0.3 is 25.2 Å². The fraction of sp³-hybridized carbons (Fsp3) is 0.682. The van der Waals surface area contributed by atoms with Crippen molar-refractivity contribution in [1.82, 2.24) is 15.2 Å². The predicted molar refractivity (Wildman–Crippen MR) is 131 cm³/mol. The molecule has 3 atom stereocenters. The summed E-state index contributed by atoms with van der Waals surface area (Å²) < 4.78 is 0. The monoisotopic (exact) mass is 448 g/mol. The first kappa shape index (κ1) is 23.7. The highest BCUT2D eigenvalue weighted by Crippen LogP contribution is 2.32. The summed E-state index contributed by atoms with van der Waals surface area (Å²) in [6.07, 6.45) is 2.77. The number of rotatable bonds is 4. The van der Waals surface area contributed by atoms with Crippen molar-refractivity contribution < 1.29 is 5.11 Å². The number of hydrogen-bond donors (Lipinski definition) is 3. The summed E-state index contributed by atoms with van der Waals surface area (Å²) in [7, 11) is 0. The molecule has 2 fully saturated rings.